The monoisotopic (exact) mass is 357 g/mol. The number of carbonyl (C=O) groups excluding carboxylic acids is 2. The number of rotatable bonds is 5. The van der Waals surface area contributed by atoms with Gasteiger partial charge >= 0.3 is 6.09 Å². The van der Waals surface area contributed by atoms with Crippen LogP contribution in [-0.2, 0) is 19.6 Å². The Bertz CT molecular complexity index is 681. The third kappa shape index (κ3) is 6.15. The Kier molecular flexibility index (Phi) is 6.30. The topological polar surface area (TPSA) is 114 Å². The molecule has 0 aromatic carbocycles. The van der Waals surface area contributed by atoms with E-state index in [4.69, 9.17) is 4.74 Å². The molecule has 24 heavy (non-hydrogen) atoms. The molecule has 0 spiro atoms. The number of amides is 2. The van der Waals surface area contributed by atoms with E-state index in [1.165, 1.54) is 18.3 Å². The molecule has 1 heterocycles. The van der Waals surface area contributed by atoms with E-state index in [0.29, 0.717) is 0 Å². The van der Waals surface area contributed by atoms with Crippen molar-refractivity contribution in [3.63, 3.8) is 0 Å². The Hall–Kier alpha value is -2.16. The molecule has 0 aliphatic heterocycles. The van der Waals surface area contributed by atoms with Crippen molar-refractivity contribution in [2.45, 2.75) is 51.2 Å². The first-order chi connectivity index (χ1) is 10.9. The molecule has 1 aromatic rings. The Labute approximate surface area is 142 Å². The third-order valence-electron chi connectivity index (χ3n) is 2.80. The molecule has 0 saturated carbocycles. The van der Waals surface area contributed by atoms with Gasteiger partial charge in [0.15, 0.2) is 0 Å². The molecule has 2 amide bonds. The van der Waals surface area contributed by atoms with Gasteiger partial charge in [-0.15, -0.1) is 0 Å². The minimum Gasteiger partial charge on any atom is -0.444 e. The molecule has 8 nitrogen and oxygen atoms in total. The quantitative estimate of drug-likeness (QED) is 0.824. The summed E-state index contributed by atoms with van der Waals surface area (Å²) in [5, 5.41) is 2.39. The van der Waals surface area contributed by atoms with Crippen molar-refractivity contribution in [2.24, 2.45) is 5.92 Å². The van der Waals surface area contributed by atoms with E-state index < -0.39 is 33.7 Å². The summed E-state index contributed by atoms with van der Waals surface area (Å²) < 4.78 is 31.4. The van der Waals surface area contributed by atoms with Gasteiger partial charge in [-0.2, -0.15) is 0 Å². The summed E-state index contributed by atoms with van der Waals surface area (Å²) in [5.41, 5.74) is -0.732. The van der Waals surface area contributed by atoms with Crippen LogP contribution in [0.4, 0.5) is 4.79 Å². The van der Waals surface area contributed by atoms with Crippen LogP contribution < -0.4 is 10.0 Å². The molecular weight excluding hydrogens is 334 g/mol. The van der Waals surface area contributed by atoms with Gasteiger partial charge in [0.25, 0.3) is 15.9 Å². The molecule has 0 bridgehead atoms. The number of pyridine rings is 1. The van der Waals surface area contributed by atoms with Crippen molar-refractivity contribution < 1.29 is 22.7 Å². The second-order valence-corrected chi connectivity index (χ2v) is 8.21. The lowest BCUT2D eigenvalue weighted by Crippen LogP contribution is -2.52. The van der Waals surface area contributed by atoms with Gasteiger partial charge in [-0.1, -0.05) is 13.8 Å². The molecule has 134 valence electrons. The third-order valence-corrected chi connectivity index (χ3v) is 4.13. The van der Waals surface area contributed by atoms with Crippen molar-refractivity contribution in [3.05, 3.63) is 24.5 Å². The number of alkyl carbamates (subject to hydrolysis) is 1. The normalized spacial score (nSPS) is 13.2. The minimum absolute atomic E-state index is 0.141. The zero-order valence-corrected chi connectivity index (χ0v) is 15.2. The number of carbonyl (C=O) groups is 2. The van der Waals surface area contributed by atoms with Gasteiger partial charge < -0.3 is 10.1 Å². The van der Waals surface area contributed by atoms with Crippen LogP contribution in [0.2, 0.25) is 0 Å². The average molecular weight is 357 g/mol. The first kappa shape index (κ1) is 19.9. The minimum atomic E-state index is -4.06. The zero-order chi connectivity index (χ0) is 18.5. The van der Waals surface area contributed by atoms with Crippen molar-refractivity contribution in [1.29, 1.82) is 0 Å². The largest absolute Gasteiger partial charge is 0.444 e. The Morgan fingerprint density at radius 3 is 2.33 bits per heavy atom. The summed E-state index contributed by atoms with van der Waals surface area (Å²) in [4.78, 5) is 27.7. The molecule has 1 aromatic heterocycles. The standard InChI is InChI=1S/C15H23N3O5S/c1-10(2)12(17-14(20)23-15(3,4)5)13(19)18-24(21,22)11-7-6-8-16-9-11/h6-10,12H,1-5H3,(H,17,20)(H,18,19)/t12-/m0/s1. The Morgan fingerprint density at radius 2 is 1.88 bits per heavy atom. The second-order valence-electron chi connectivity index (χ2n) is 6.53. The van der Waals surface area contributed by atoms with Crippen LogP contribution in [0.25, 0.3) is 0 Å². The maximum atomic E-state index is 12.3. The van der Waals surface area contributed by atoms with Gasteiger partial charge in [-0.3, -0.25) is 9.78 Å². The fraction of sp³-hybridized carbons (Fsp3) is 0.533. The van der Waals surface area contributed by atoms with E-state index in [1.54, 1.807) is 34.6 Å². The fourth-order valence-electron chi connectivity index (χ4n) is 1.73. The lowest BCUT2D eigenvalue weighted by molar-refractivity contribution is -0.122. The number of nitrogens with one attached hydrogen (secondary N) is 2. The lowest BCUT2D eigenvalue weighted by atomic mass is 10.0. The number of aromatic nitrogens is 1. The average Bonchev–Trinajstić information content (AvgIpc) is 2.43. The first-order valence-electron chi connectivity index (χ1n) is 7.38. The number of ether oxygens (including phenoxy) is 1. The summed E-state index contributed by atoms with van der Waals surface area (Å²) >= 11 is 0. The lowest BCUT2D eigenvalue weighted by Gasteiger charge is -2.25. The molecule has 0 unspecified atom stereocenters. The molecule has 0 radical (unpaired) electrons. The highest BCUT2D eigenvalue weighted by atomic mass is 32.2. The number of sulfonamides is 1. The molecule has 0 aliphatic rings. The molecule has 0 saturated heterocycles. The highest BCUT2D eigenvalue weighted by Crippen LogP contribution is 2.10. The molecular formula is C15H23N3O5S. The molecule has 1 atom stereocenters. The summed E-state index contributed by atoms with van der Waals surface area (Å²) in [6, 6.07) is 1.69. The number of hydrogen-bond acceptors (Lipinski definition) is 6. The van der Waals surface area contributed by atoms with Crippen LogP contribution >= 0.6 is 0 Å². The Morgan fingerprint density at radius 1 is 1.25 bits per heavy atom. The summed E-state index contributed by atoms with van der Waals surface area (Å²) in [6.45, 7) is 8.41. The van der Waals surface area contributed by atoms with Gasteiger partial charge in [-0.05, 0) is 38.8 Å². The first-order valence-corrected chi connectivity index (χ1v) is 8.87. The van der Waals surface area contributed by atoms with Crippen LogP contribution in [0.5, 0.6) is 0 Å². The van der Waals surface area contributed by atoms with E-state index in [-0.39, 0.29) is 10.8 Å². The second kappa shape index (κ2) is 7.61. The Balaban J connectivity index is 2.86. The maximum Gasteiger partial charge on any atom is 0.408 e. The van der Waals surface area contributed by atoms with Crippen LogP contribution in [0.3, 0.4) is 0 Å². The number of nitrogens with zero attached hydrogens (tertiary/aromatic N) is 1. The molecule has 2 N–H and O–H groups in total. The highest BCUT2D eigenvalue weighted by Gasteiger charge is 2.30. The van der Waals surface area contributed by atoms with Crippen LogP contribution in [-0.4, -0.2) is 37.0 Å². The van der Waals surface area contributed by atoms with Crippen LogP contribution in [0.1, 0.15) is 34.6 Å². The summed E-state index contributed by atoms with van der Waals surface area (Å²) in [6.07, 6.45) is 1.75. The van der Waals surface area contributed by atoms with Gasteiger partial charge in [0.1, 0.15) is 16.5 Å². The summed E-state index contributed by atoms with van der Waals surface area (Å²) in [5.74, 6) is -1.19. The van der Waals surface area contributed by atoms with E-state index in [1.807, 2.05) is 4.72 Å². The fourth-order valence-corrected chi connectivity index (χ4v) is 2.70. The number of hydrogen-bond donors (Lipinski definition) is 2. The van der Waals surface area contributed by atoms with E-state index in [0.717, 1.165) is 6.20 Å². The molecule has 0 aliphatic carbocycles. The SMILES string of the molecule is CC(C)[C@H](NC(=O)OC(C)(C)C)C(=O)NS(=O)(=O)c1cccnc1. The van der Waals surface area contributed by atoms with E-state index in [9.17, 15) is 18.0 Å². The summed E-state index contributed by atoms with van der Waals surface area (Å²) in [7, 11) is -4.06. The van der Waals surface area contributed by atoms with Gasteiger partial charge in [0.05, 0.1) is 0 Å². The van der Waals surface area contributed by atoms with Crippen molar-refractivity contribution in [2.75, 3.05) is 0 Å². The van der Waals surface area contributed by atoms with Gasteiger partial charge in [0.2, 0.25) is 0 Å². The highest BCUT2D eigenvalue weighted by molar-refractivity contribution is 7.90. The molecule has 1 rings (SSSR count). The van der Waals surface area contributed by atoms with E-state index >= 15 is 0 Å². The van der Waals surface area contributed by atoms with Crippen molar-refractivity contribution in [3.8, 4) is 0 Å². The van der Waals surface area contributed by atoms with Gasteiger partial charge in [-0.25, -0.2) is 17.9 Å². The maximum absolute atomic E-state index is 12.3. The molecule has 9 heteroatoms. The van der Waals surface area contributed by atoms with E-state index in [2.05, 4.69) is 10.3 Å². The van der Waals surface area contributed by atoms with Crippen molar-refractivity contribution >= 4 is 22.0 Å². The zero-order valence-electron chi connectivity index (χ0n) is 14.4. The van der Waals surface area contributed by atoms with Crippen molar-refractivity contribution in [1.82, 2.24) is 15.0 Å². The molecule has 0 fully saturated rings. The predicted molar refractivity (Wildman–Crippen MR) is 87.6 cm³/mol. The smallest absolute Gasteiger partial charge is 0.408 e. The van der Waals surface area contributed by atoms with Crippen LogP contribution in [0, 0.1) is 5.92 Å². The van der Waals surface area contributed by atoms with Crippen LogP contribution in [0.15, 0.2) is 29.4 Å². The predicted octanol–water partition coefficient (Wildman–Crippen LogP) is 1.44. The van der Waals surface area contributed by atoms with Gasteiger partial charge in [0, 0.05) is 12.4 Å².